The van der Waals surface area contributed by atoms with Crippen LogP contribution in [0.1, 0.15) is 72.1 Å². The fourth-order valence-corrected chi connectivity index (χ4v) is 3.00. The maximum Gasteiger partial charge on any atom is 0.306 e. The quantitative estimate of drug-likeness (QED) is 0.170. The van der Waals surface area contributed by atoms with Crippen LogP contribution in [-0.2, 0) is 38.1 Å². The van der Waals surface area contributed by atoms with Gasteiger partial charge in [-0.2, -0.15) is 0 Å². The number of halogens is 1. The van der Waals surface area contributed by atoms with Gasteiger partial charge >= 0.3 is 17.9 Å². The van der Waals surface area contributed by atoms with Crippen LogP contribution in [0.4, 0.5) is 0 Å². The average molecular weight is 512 g/mol. The summed E-state index contributed by atoms with van der Waals surface area (Å²) < 4.78 is 28.2. The van der Waals surface area contributed by atoms with Crippen LogP contribution < -0.4 is 22.7 Å². The molecule has 3 N–H and O–H groups in total. The number of carbonyl (C=O) groups excluding carboxylic acids is 3. The van der Waals surface area contributed by atoms with Crippen molar-refractivity contribution >= 4 is 17.9 Å². The van der Waals surface area contributed by atoms with Gasteiger partial charge in [0.15, 0.2) is 24.6 Å². The van der Waals surface area contributed by atoms with Crippen molar-refractivity contribution in [3.8, 4) is 0 Å². The molecule has 0 aromatic carbocycles. The van der Waals surface area contributed by atoms with Gasteiger partial charge in [-0.05, 0) is 32.1 Å². The van der Waals surface area contributed by atoms with Gasteiger partial charge in [0.1, 0.15) is 0 Å². The van der Waals surface area contributed by atoms with Gasteiger partial charge in [0, 0.05) is 19.3 Å². The molecule has 1 rings (SSSR count). The standard InChI is InChI=1S/C21H37NO8.BrH/c1-4-9-16(23)28-15-14-27-21(26-13-8-7-12-22)20(30-18(25)11-6-3)19(15)29-17(24)10-5-2;/h15,19-21H,4-14,22H2,1-3H3;1H/t15-,19-,20-,21?;/m1./s1. The zero-order chi connectivity index (χ0) is 22.4. The smallest absolute Gasteiger partial charge is 0.306 e. The van der Waals surface area contributed by atoms with Gasteiger partial charge in [-0.15, -0.1) is 0 Å². The van der Waals surface area contributed by atoms with Gasteiger partial charge in [-0.1, -0.05) is 20.8 Å². The Bertz CT molecular complexity index is 534. The number of carbonyl (C=O) groups is 3. The van der Waals surface area contributed by atoms with Crippen LogP contribution in [0.15, 0.2) is 0 Å². The third-order valence-corrected chi connectivity index (χ3v) is 4.49. The van der Waals surface area contributed by atoms with E-state index in [-0.39, 0.29) is 42.9 Å². The lowest BCUT2D eigenvalue weighted by molar-refractivity contribution is -0.369. The topological polar surface area (TPSA) is 125 Å². The third-order valence-electron chi connectivity index (χ3n) is 4.49. The zero-order valence-corrected chi connectivity index (χ0v) is 20.5. The van der Waals surface area contributed by atoms with Crippen LogP contribution in [0.2, 0.25) is 0 Å². The number of esters is 3. The second-order valence-electron chi connectivity index (χ2n) is 7.32. The lowest BCUT2D eigenvalue weighted by Crippen LogP contribution is -3.00. The lowest BCUT2D eigenvalue weighted by atomic mass is 10.0. The van der Waals surface area contributed by atoms with Crippen molar-refractivity contribution in [2.75, 3.05) is 19.8 Å². The molecule has 0 spiro atoms. The molecule has 0 amide bonds. The van der Waals surface area contributed by atoms with Crippen molar-refractivity contribution < 1.29 is 60.8 Å². The first-order valence-electron chi connectivity index (χ1n) is 11.1. The second-order valence-corrected chi connectivity index (χ2v) is 7.32. The Morgan fingerprint density at radius 3 is 1.87 bits per heavy atom. The predicted octanol–water partition coefficient (Wildman–Crippen LogP) is -1.48. The molecule has 0 radical (unpaired) electrons. The Morgan fingerprint density at radius 2 is 1.35 bits per heavy atom. The molecule has 0 bridgehead atoms. The van der Waals surface area contributed by atoms with E-state index in [0.717, 1.165) is 19.4 Å². The van der Waals surface area contributed by atoms with Gasteiger partial charge in [0.25, 0.3) is 0 Å². The van der Waals surface area contributed by atoms with Gasteiger partial charge < -0.3 is 46.4 Å². The maximum atomic E-state index is 12.2. The van der Waals surface area contributed by atoms with Gasteiger partial charge in [0.2, 0.25) is 0 Å². The van der Waals surface area contributed by atoms with Crippen molar-refractivity contribution in [3.63, 3.8) is 0 Å². The molecule has 1 unspecified atom stereocenters. The van der Waals surface area contributed by atoms with Crippen LogP contribution in [-0.4, -0.2) is 62.3 Å². The molecule has 1 saturated heterocycles. The third kappa shape index (κ3) is 11.3. The summed E-state index contributed by atoms with van der Waals surface area (Å²) in [5.41, 5.74) is 3.80. The average Bonchev–Trinajstić information content (AvgIpc) is 2.69. The van der Waals surface area contributed by atoms with E-state index >= 15 is 0 Å². The first-order valence-corrected chi connectivity index (χ1v) is 11.1. The number of rotatable bonds is 14. The number of unbranched alkanes of at least 4 members (excludes halogenated alkanes) is 1. The highest BCUT2D eigenvalue weighted by molar-refractivity contribution is 5.71. The fraction of sp³-hybridized carbons (Fsp3) is 0.857. The summed E-state index contributed by atoms with van der Waals surface area (Å²) in [5, 5.41) is 0. The van der Waals surface area contributed by atoms with Crippen LogP contribution in [0, 0.1) is 0 Å². The molecule has 0 aliphatic carbocycles. The second kappa shape index (κ2) is 17.3. The van der Waals surface area contributed by atoms with Gasteiger partial charge in [-0.25, -0.2) is 0 Å². The molecule has 0 saturated carbocycles. The summed E-state index contributed by atoms with van der Waals surface area (Å²) in [6.45, 7) is 6.74. The minimum absolute atomic E-state index is 0. The van der Waals surface area contributed by atoms with Crippen LogP contribution in [0.5, 0.6) is 0 Å². The first kappa shape index (κ1) is 29.8. The van der Waals surface area contributed by atoms with Crippen molar-refractivity contribution in [2.45, 2.75) is 96.7 Å². The Morgan fingerprint density at radius 1 is 0.839 bits per heavy atom. The van der Waals surface area contributed by atoms with E-state index in [1.165, 1.54) is 0 Å². The van der Waals surface area contributed by atoms with Gasteiger partial charge in [0.05, 0.1) is 19.8 Å². The van der Waals surface area contributed by atoms with Crippen LogP contribution in [0.3, 0.4) is 0 Å². The predicted molar refractivity (Wildman–Crippen MR) is 107 cm³/mol. The maximum absolute atomic E-state index is 12.2. The number of ether oxygens (including phenoxy) is 5. The normalized spacial score (nSPS) is 22.8. The van der Waals surface area contributed by atoms with Crippen molar-refractivity contribution in [1.82, 2.24) is 0 Å². The van der Waals surface area contributed by atoms with Crippen molar-refractivity contribution in [3.05, 3.63) is 0 Å². The molecule has 1 fully saturated rings. The molecular formula is C21H38BrNO8. The minimum Gasteiger partial charge on any atom is -1.00 e. The first-order chi connectivity index (χ1) is 14.5. The Balaban J connectivity index is 0.00000900. The summed E-state index contributed by atoms with van der Waals surface area (Å²) in [6.07, 6.45) is 0.364. The monoisotopic (exact) mass is 511 g/mol. The van der Waals surface area contributed by atoms with Crippen LogP contribution >= 0.6 is 0 Å². The molecule has 1 aliphatic rings. The zero-order valence-electron chi connectivity index (χ0n) is 18.9. The molecule has 4 atom stereocenters. The van der Waals surface area contributed by atoms with E-state index in [9.17, 15) is 14.4 Å². The summed E-state index contributed by atoms with van der Waals surface area (Å²) in [6, 6.07) is 0. The van der Waals surface area contributed by atoms with E-state index in [2.05, 4.69) is 5.73 Å². The lowest BCUT2D eigenvalue weighted by Gasteiger charge is -2.40. The molecule has 1 heterocycles. The molecule has 0 aromatic rings. The molecule has 1 aliphatic heterocycles. The van der Waals surface area contributed by atoms with E-state index < -0.39 is 42.5 Å². The molecule has 0 aromatic heterocycles. The van der Waals surface area contributed by atoms with E-state index in [4.69, 9.17) is 23.7 Å². The molecular weight excluding hydrogens is 474 g/mol. The fourth-order valence-electron chi connectivity index (χ4n) is 3.00. The highest BCUT2D eigenvalue weighted by Crippen LogP contribution is 2.26. The van der Waals surface area contributed by atoms with E-state index in [1.54, 1.807) is 0 Å². The molecule has 9 nitrogen and oxygen atoms in total. The Hall–Kier alpha value is -1.23. The van der Waals surface area contributed by atoms with Crippen molar-refractivity contribution in [2.24, 2.45) is 0 Å². The van der Waals surface area contributed by atoms with Crippen molar-refractivity contribution in [1.29, 1.82) is 0 Å². The van der Waals surface area contributed by atoms with Crippen LogP contribution in [0.25, 0.3) is 0 Å². The molecule has 182 valence electrons. The molecule has 31 heavy (non-hydrogen) atoms. The largest absolute Gasteiger partial charge is 1.00 e. The number of quaternary nitrogens is 1. The van der Waals surface area contributed by atoms with E-state index in [0.29, 0.717) is 25.9 Å². The Kier molecular flexibility index (Phi) is 16.7. The number of hydrogen-bond donors (Lipinski definition) is 1. The SMILES string of the molecule is CCCC(=O)O[C@@H]1[C@H](OC(=O)CCC)COC(OCCCC[NH3+])[C@@H]1OC(=O)CCC.[Br-]. The summed E-state index contributed by atoms with van der Waals surface area (Å²) in [5.74, 6) is -1.32. The highest BCUT2D eigenvalue weighted by atomic mass is 79.9. The minimum atomic E-state index is -1.02. The number of hydrogen-bond acceptors (Lipinski definition) is 8. The summed E-state index contributed by atoms with van der Waals surface area (Å²) >= 11 is 0. The molecule has 10 heteroatoms. The summed E-state index contributed by atoms with van der Waals surface area (Å²) in [4.78, 5) is 36.5. The van der Waals surface area contributed by atoms with E-state index in [1.807, 2.05) is 20.8 Å². The van der Waals surface area contributed by atoms with Gasteiger partial charge in [-0.3, -0.25) is 14.4 Å². The summed E-state index contributed by atoms with van der Waals surface area (Å²) in [7, 11) is 0. The Labute approximate surface area is 195 Å². The highest BCUT2D eigenvalue weighted by Gasteiger charge is 2.48.